The second-order valence-electron chi connectivity index (χ2n) is 4.55. The lowest BCUT2D eigenvalue weighted by molar-refractivity contribution is -0.137. The fraction of sp³-hybridized carbons (Fsp3) is 0.133. The summed E-state index contributed by atoms with van der Waals surface area (Å²) in [6.07, 6.45) is -2.82. The molecule has 0 amide bonds. The zero-order valence-corrected chi connectivity index (χ0v) is 11.0. The van der Waals surface area contributed by atoms with Gasteiger partial charge in [-0.15, -0.1) is 0 Å². The van der Waals surface area contributed by atoms with E-state index in [9.17, 15) is 13.2 Å². The number of hydrogen-bond acceptors (Lipinski definition) is 2. The van der Waals surface area contributed by atoms with Gasteiger partial charge in [0.15, 0.2) is 0 Å². The van der Waals surface area contributed by atoms with Crippen molar-refractivity contribution in [2.75, 3.05) is 7.11 Å². The lowest BCUT2D eigenvalue weighted by Gasteiger charge is -2.13. The minimum atomic E-state index is -4.39. The molecule has 0 atom stereocenters. The van der Waals surface area contributed by atoms with Crippen molar-refractivity contribution in [2.24, 2.45) is 0 Å². The molecule has 0 radical (unpaired) electrons. The van der Waals surface area contributed by atoms with Crippen LogP contribution in [-0.4, -0.2) is 17.1 Å². The molecule has 0 fully saturated rings. The Labute approximate surface area is 118 Å². The summed E-state index contributed by atoms with van der Waals surface area (Å²) in [5.41, 5.74) is 2.24. The third kappa shape index (κ3) is 2.44. The molecule has 1 N–H and O–H groups in total. The number of fused-ring (bicyclic) bond motifs is 1. The van der Waals surface area contributed by atoms with Crippen molar-refractivity contribution in [3.05, 3.63) is 48.3 Å². The van der Waals surface area contributed by atoms with Gasteiger partial charge in [-0.1, -0.05) is 12.1 Å². The standard InChI is InChI=1S/C15H11F3N2O/c1-21-14-7-10(15(16,17)18)3-4-11(14)9-2-5-12-13(6-9)20-8-19-12/h2-8H,1H3,(H,19,20). The molecule has 0 spiro atoms. The molecular formula is C15H11F3N2O. The molecule has 6 heteroatoms. The number of benzene rings is 2. The van der Waals surface area contributed by atoms with Gasteiger partial charge in [-0.25, -0.2) is 4.98 Å². The van der Waals surface area contributed by atoms with Gasteiger partial charge in [0.25, 0.3) is 0 Å². The van der Waals surface area contributed by atoms with Gasteiger partial charge < -0.3 is 9.72 Å². The predicted molar refractivity (Wildman–Crippen MR) is 73.1 cm³/mol. The molecule has 1 aromatic heterocycles. The number of methoxy groups -OCH3 is 1. The summed E-state index contributed by atoms with van der Waals surface area (Å²) >= 11 is 0. The predicted octanol–water partition coefficient (Wildman–Crippen LogP) is 4.26. The van der Waals surface area contributed by atoms with E-state index in [0.29, 0.717) is 5.56 Å². The van der Waals surface area contributed by atoms with Gasteiger partial charge in [-0.3, -0.25) is 0 Å². The van der Waals surface area contributed by atoms with Gasteiger partial charge in [0.2, 0.25) is 0 Å². The first-order valence-corrected chi connectivity index (χ1v) is 6.18. The van der Waals surface area contributed by atoms with Crippen LogP contribution in [-0.2, 0) is 6.18 Å². The maximum Gasteiger partial charge on any atom is 0.416 e. The van der Waals surface area contributed by atoms with Crippen molar-refractivity contribution in [1.29, 1.82) is 0 Å². The Morgan fingerprint density at radius 3 is 2.62 bits per heavy atom. The molecule has 0 saturated carbocycles. The van der Waals surface area contributed by atoms with Gasteiger partial charge in [-0.05, 0) is 29.8 Å². The molecule has 0 aliphatic heterocycles. The average molecular weight is 292 g/mol. The first kappa shape index (κ1) is 13.5. The van der Waals surface area contributed by atoms with Gasteiger partial charge in [0, 0.05) is 5.56 Å². The van der Waals surface area contributed by atoms with E-state index >= 15 is 0 Å². The highest BCUT2D eigenvalue weighted by Gasteiger charge is 2.31. The quantitative estimate of drug-likeness (QED) is 0.766. The Morgan fingerprint density at radius 2 is 1.90 bits per heavy atom. The van der Waals surface area contributed by atoms with Gasteiger partial charge >= 0.3 is 6.18 Å². The molecule has 108 valence electrons. The largest absolute Gasteiger partial charge is 0.496 e. The van der Waals surface area contributed by atoms with Crippen LogP contribution in [0.25, 0.3) is 22.2 Å². The fourth-order valence-corrected chi connectivity index (χ4v) is 2.21. The van der Waals surface area contributed by atoms with Crippen LogP contribution in [0.4, 0.5) is 13.2 Å². The monoisotopic (exact) mass is 292 g/mol. The smallest absolute Gasteiger partial charge is 0.416 e. The number of alkyl halides is 3. The number of nitrogens with one attached hydrogen (secondary N) is 1. The lowest BCUT2D eigenvalue weighted by Crippen LogP contribution is -2.05. The highest BCUT2D eigenvalue weighted by Crippen LogP contribution is 2.37. The molecule has 2 aromatic carbocycles. The third-order valence-electron chi connectivity index (χ3n) is 3.26. The van der Waals surface area contributed by atoms with Crippen LogP contribution in [0.5, 0.6) is 5.75 Å². The second-order valence-corrected chi connectivity index (χ2v) is 4.55. The van der Waals surface area contributed by atoms with Crippen molar-refractivity contribution >= 4 is 11.0 Å². The second kappa shape index (κ2) is 4.80. The van der Waals surface area contributed by atoms with Gasteiger partial charge in [0.05, 0.1) is 30.0 Å². The van der Waals surface area contributed by atoms with E-state index in [-0.39, 0.29) is 5.75 Å². The SMILES string of the molecule is COc1cc(C(F)(F)F)ccc1-c1ccc2nc[nH]c2c1. The lowest BCUT2D eigenvalue weighted by atomic mass is 10.0. The molecule has 21 heavy (non-hydrogen) atoms. The fourth-order valence-electron chi connectivity index (χ4n) is 2.21. The Hall–Kier alpha value is -2.50. The summed E-state index contributed by atoms with van der Waals surface area (Å²) in [7, 11) is 1.35. The Morgan fingerprint density at radius 1 is 1.10 bits per heavy atom. The molecule has 0 aliphatic carbocycles. The number of rotatable bonds is 2. The molecule has 1 heterocycles. The third-order valence-corrected chi connectivity index (χ3v) is 3.26. The molecule has 3 aromatic rings. The molecule has 0 unspecified atom stereocenters. The van der Waals surface area contributed by atoms with E-state index in [0.717, 1.165) is 28.7 Å². The zero-order chi connectivity index (χ0) is 15.0. The average Bonchev–Trinajstić information content (AvgIpc) is 2.93. The summed E-state index contributed by atoms with van der Waals surface area (Å²) in [6.45, 7) is 0. The topological polar surface area (TPSA) is 37.9 Å². The van der Waals surface area contributed by atoms with Crippen molar-refractivity contribution in [2.45, 2.75) is 6.18 Å². The van der Waals surface area contributed by atoms with E-state index in [4.69, 9.17) is 4.74 Å². The van der Waals surface area contributed by atoms with Gasteiger partial charge in [0.1, 0.15) is 5.75 Å². The summed E-state index contributed by atoms with van der Waals surface area (Å²) in [5, 5.41) is 0. The first-order valence-electron chi connectivity index (χ1n) is 6.18. The Bertz CT molecular complexity index is 793. The Balaban J connectivity index is 2.12. The van der Waals surface area contributed by atoms with Crippen LogP contribution in [0.3, 0.4) is 0 Å². The molecule has 0 bridgehead atoms. The van der Waals surface area contributed by atoms with Crippen LogP contribution >= 0.6 is 0 Å². The van der Waals surface area contributed by atoms with E-state index < -0.39 is 11.7 Å². The van der Waals surface area contributed by atoms with E-state index in [1.165, 1.54) is 13.2 Å². The Kier molecular flexibility index (Phi) is 3.08. The number of halogens is 3. The minimum absolute atomic E-state index is 0.184. The number of ether oxygens (including phenoxy) is 1. The molecular weight excluding hydrogens is 281 g/mol. The van der Waals surface area contributed by atoms with Crippen molar-refractivity contribution in [1.82, 2.24) is 9.97 Å². The number of hydrogen-bond donors (Lipinski definition) is 1. The maximum absolute atomic E-state index is 12.7. The van der Waals surface area contributed by atoms with Crippen LogP contribution in [0.1, 0.15) is 5.56 Å². The summed E-state index contributed by atoms with van der Waals surface area (Å²) in [4.78, 5) is 7.08. The minimum Gasteiger partial charge on any atom is -0.496 e. The van der Waals surface area contributed by atoms with Crippen LogP contribution in [0, 0.1) is 0 Å². The number of imidazole rings is 1. The van der Waals surface area contributed by atoms with Crippen molar-refractivity contribution in [3.8, 4) is 16.9 Å². The summed E-state index contributed by atoms with van der Waals surface area (Å²) in [5.74, 6) is 0.184. The number of aromatic amines is 1. The van der Waals surface area contributed by atoms with E-state index in [1.54, 1.807) is 18.5 Å². The molecule has 0 saturated heterocycles. The molecule has 3 nitrogen and oxygen atoms in total. The maximum atomic E-state index is 12.7. The van der Waals surface area contributed by atoms with E-state index in [1.807, 2.05) is 6.07 Å². The number of aromatic nitrogens is 2. The number of H-pyrrole nitrogens is 1. The number of nitrogens with zero attached hydrogens (tertiary/aromatic N) is 1. The summed E-state index contributed by atoms with van der Waals surface area (Å²) in [6, 6.07) is 8.90. The van der Waals surface area contributed by atoms with Crippen LogP contribution in [0.15, 0.2) is 42.7 Å². The molecule has 0 aliphatic rings. The normalized spacial score (nSPS) is 11.8. The molecule has 3 rings (SSSR count). The first-order chi connectivity index (χ1) is 9.99. The highest BCUT2D eigenvalue weighted by atomic mass is 19.4. The summed E-state index contributed by atoms with van der Waals surface area (Å²) < 4.78 is 43.3. The van der Waals surface area contributed by atoms with Crippen molar-refractivity contribution in [3.63, 3.8) is 0 Å². The van der Waals surface area contributed by atoms with Crippen LogP contribution in [0.2, 0.25) is 0 Å². The highest BCUT2D eigenvalue weighted by molar-refractivity contribution is 5.83. The van der Waals surface area contributed by atoms with E-state index in [2.05, 4.69) is 9.97 Å². The van der Waals surface area contributed by atoms with Crippen molar-refractivity contribution < 1.29 is 17.9 Å². The van der Waals surface area contributed by atoms with Gasteiger partial charge in [-0.2, -0.15) is 13.2 Å². The van der Waals surface area contributed by atoms with Crippen LogP contribution < -0.4 is 4.74 Å². The zero-order valence-electron chi connectivity index (χ0n) is 11.0.